The second-order valence-corrected chi connectivity index (χ2v) is 6.36. The van der Waals surface area contributed by atoms with Gasteiger partial charge in [-0.1, -0.05) is 109 Å². The van der Waals surface area contributed by atoms with E-state index in [-0.39, 0.29) is 32.2 Å². The van der Waals surface area contributed by atoms with E-state index in [0.29, 0.717) is 0 Å². The zero-order valence-corrected chi connectivity index (χ0v) is 21.3. The molecule has 4 nitrogen and oxygen atoms in total. The summed E-state index contributed by atoms with van der Waals surface area (Å²) in [6.07, 6.45) is 15.4. The van der Waals surface area contributed by atoms with E-state index < -0.39 is 0 Å². The summed E-state index contributed by atoms with van der Waals surface area (Å²) >= 11 is 0. The number of allylic oxidation sites excluding steroid dienone is 5. The summed E-state index contributed by atoms with van der Waals surface area (Å²) in [6.45, 7) is 0. The number of rotatable bonds is 4. The van der Waals surface area contributed by atoms with E-state index in [2.05, 4.69) is 39.5 Å². The van der Waals surface area contributed by atoms with Gasteiger partial charge in [0.15, 0.2) is 0 Å². The van der Waals surface area contributed by atoms with Crippen LogP contribution in [0.1, 0.15) is 6.42 Å². The summed E-state index contributed by atoms with van der Waals surface area (Å²) in [7, 11) is 7.00. The van der Waals surface area contributed by atoms with Gasteiger partial charge in [-0.05, 0) is 6.42 Å². The van der Waals surface area contributed by atoms with E-state index in [9.17, 15) is 0 Å². The van der Waals surface area contributed by atoms with Gasteiger partial charge in [0.2, 0.25) is 0 Å². The Morgan fingerprint density at radius 1 is 0.677 bits per heavy atom. The standard InChI is InChI=1S/2C11H10N.2C2H6N.Zr/c2*1-2-6-10(7-3-1)12-11-8-4-5-9-11;2*1-3-2;/h1-8H,9H2;1-9,11H;2*1-2H3;/q4*-1;+4. The van der Waals surface area contributed by atoms with Crippen LogP contribution in [0.4, 0.5) is 11.4 Å². The van der Waals surface area contributed by atoms with Crippen molar-refractivity contribution in [2.45, 2.75) is 12.5 Å². The Morgan fingerprint density at radius 2 is 1.16 bits per heavy atom. The molecule has 0 saturated carbocycles. The van der Waals surface area contributed by atoms with Crippen molar-refractivity contribution in [1.29, 1.82) is 0 Å². The second-order valence-electron chi connectivity index (χ2n) is 6.36. The third kappa shape index (κ3) is 14.4. The van der Waals surface area contributed by atoms with Crippen molar-refractivity contribution >= 4 is 11.4 Å². The van der Waals surface area contributed by atoms with Gasteiger partial charge in [0.25, 0.3) is 0 Å². The van der Waals surface area contributed by atoms with Crippen molar-refractivity contribution in [1.82, 2.24) is 0 Å². The van der Waals surface area contributed by atoms with Gasteiger partial charge in [-0.3, -0.25) is 0 Å². The molecular formula is C26H32N4Zr. The molecule has 31 heavy (non-hydrogen) atoms. The Hall–Kier alpha value is -2.20. The van der Waals surface area contributed by atoms with E-state index in [1.807, 2.05) is 85.0 Å². The molecule has 0 radical (unpaired) electrons. The molecule has 0 unspecified atom stereocenters. The zero-order chi connectivity index (χ0) is 21.9. The maximum absolute atomic E-state index is 4.48. The number of para-hydroxylation sites is 2. The van der Waals surface area contributed by atoms with E-state index in [1.165, 1.54) is 0 Å². The second kappa shape index (κ2) is 19.7. The molecule has 2 aromatic rings. The van der Waals surface area contributed by atoms with Crippen LogP contribution in [-0.2, 0) is 26.2 Å². The first-order chi connectivity index (χ1) is 14.7. The van der Waals surface area contributed by atoms with Crippen LogP contribution in [-0.4, -0.2) is 34.2 Å². The van der Waals surface area contributed by atoms with Crippen LogP contribution in [0.25, 0.3) is 21.3 Å². The Labute approximate surface area is 207 Å². The topological polar surface area (TPSA) is 56.4 Å². The van der Waals surface area contributed by atoms with Crippen LogP contribution in [0.3, 0.4) is 0 Å². The molecule has 0 saturated heterocycles. The minimum Gasteiger partial charge on any atom is -0.675 e. The van der Waals surface area contributed by atoms with E-state index in [0.717, 1.165) is 23.5 Å². The van der Waals surface area contributed by atoms with Crippen LogP contribution in [0, 0.1) is 0 Å². The van der Waals surface area contributed by atoms with Crippen LogP contribution in [0.2, 0.25) is 0 Å². The van der Waals surface area contributed by atoms with Crippen LogP contribution in [0.5, 0.6) is 0 Å². The molecule has 2 aliphatic rings. The molecule has 0 aliphatic heterocycles. The van der Waals surface area contributed by atoms with Crippen molar-refractivity contribution in [2.75, 3.05) is 28.2 Å². The summed E-state index contributed by atoms with van der Waals surface area (Å²) in [6, 6.07) is 20.3. The van der Waals surface area contributed by atoms with Gasteiger partial charge in [0.05, 0.1) is 0 Å². The molecule has 5 heteroatoms. The van der Waals surface area contributed by atoms with Gasteiger partial charge in [-0.25, -0.2) is 0 Å². The summed E-state index contributed by atoms with van der Waals surface area (Å²) in [5, 5.41) is 15.9. The van der Waals surface area contributed by atoms with Crippen molar-refractivity contribution in [3.8, 4) is 0 Å². The normalized spacial score (nSPS) is 12.7. The smallest absolute Gasteiger partial charge is 0.675 e. The maximum atomic E-state index is 4.48. The molecule has 0 atom stereocenters. The fraction of sp³-hybridized carbons (Fsp3) is 0.231. The maximum Gasteiger partial charge on any atom is 4.00 e. The molecular weight excluding hydrogens is 460 g/mol. The van der Waals surface area contributed by atoms with Crippen molar-refractivity contribution in [2.24, 2.45) is 0 Å². The Morgan fingerprint density at radius 3 is 1.61 bits per heavy atom. The Bertz CT molecular complexity index is 770. The molecule has 2 aliphatic carbocycles. The van der Waals surface area contributed by atoms with Crippen molar-refractivity contribution in [3.05, 3.63) is 130 Å². The molecule has 0 heterocycles. The predicted octanol–water partition coefficient (Wildman–Crippen LogP) is 7.96. The minimum absolute atomic E-state index is 0. The van der Waals surface area contributed by atoms with Gasteiger partial charge in [-0.2, -0.15) is 33.9 Å². The fourth-order valence-electron chi connectivity index (χ4n) is 2.38. The Balaban J connectivity index is 0.000000453. The minimum atomic E-state index is 0. The molecule has 0 bridgehead atoms. The molecule has 160 valence electrons. The van der Waals surface area contributed by atoms with Gasteiger partial charge in [-0.15, -0.1) is 11.4 Å². The number of hydrogen-bond donors (Lipinski definition) is 0. The quantitative estimate of drug-likeness (QED) is 0.416. The summed E-state index contributed by atoms with van der Waals surface area (Å²) in [5.41, 5.74) is 3.22. The van der Waals surface area contributed by atoms with Crippen molar-refractivity contribution in [3.63, 3.8) is 0 Å². The molecule has 4 rings (SSSR count). The molecule has 0 N–H and O–H groups in total. The molecule has 0 aromatic heterocycles. The zero-order valence-electron chi connectivity index (χ0n) is 18.9. The molecule has 0 fully saturated rings. The van der Waals surface area contributed by atoms with E-state index in [4.69, 9.17) is 0 Å². The predicted molar refractivity (Wildman–Crippen MR) is 133 cm³/mol. The first-order valence-electron chi connectivity index (χ1n) is 9.92. The first kappa shape index (κ1) is 28.8. The summed E-state index contributed by atoms with van der Waals surface area (Å²) in [5.74, 6) is 0. The van der Waals surface area contributed by atoms with Gasteiger partial charge < -0.3 is 21.3 Å². The first-order valence-corrected chi connectivity index (χ1v) is 9.92. The van der Waals surface area contributed by atoms with Gasteiger partial charge in [0, 0.05) is 0 Å². The van der Waals surface area contributed by atoms with E-state index >= 15 is 0 Å². The molecule has 0 spiro atoms. The van der Waals surface area contributed by atoms with Gasteiger partial charge >= 0.3 is 26.2 Å². The van der Waals surface area contributed by atoms with Crippen LogP contribution in [0.15, 0.2) is 109 Å². The monoisotopic (exact) mass is 490 g/mol. The SMILES string of the molecule is C1=CC([N-]c2ccccc2)C=C1.C1=CCC([N-]c2ccccc2)=C1.C[N-]C.C[N-]C.[Zr+4]. The van der Waals surface area contributed by atoms with E-state index in [1.54, 1.807) is 28.2 Å². The third-order valence-electron chi connectivity index (χ3n) is 3.56. The third-order valence-corrected chi connectivity index (χ3v) is 3.56. The number of benzene rings is 2. The summed E-state index contributed by atoms with van der Waals surface area (Å²) < 4.78 is 0. The Kier molecular flexibility index (Phi) is 18.3. The number of hydrogen-bond acceptors (Lipinski definition) is 0. The molecule has 0 amide bonds. The molecule has 2 aromatic carbocycles. The fourth-order valence-corrected chi connectivity index (χ4v) is 2.38. The number of nitrogens with zero attached hydrogens (tertiary/aromatic N) is 4. The van der Waals surface area contributed by atoms with Crippen LogP contribution < -0.4 is 0 Å². The average molecular weight is 492 g/mol. The largest absolute Gasteiger partial charge is 4.00 e. The van der Waals surface area contributed by atoms with Crippen molar-refractivity contribution < 1.29 is 26.2 Å². The summed E-state index contributed by atoms with van der Waals surface area (Å²) in [4.78, 5) is 0. The van der Waals surface area contributed by atoms with Gasteiger partial charge in [0.1, 0.15) is 0 Å². The van der Waals surface area contributed by atoms with Crippen LogP contribution >= 0.6 is 0 Å². The average Bonchev–Trinajstić information content (AvgIpc) is 3.46.